The molecule has 1 unspecified atom stereocenters. The number of dihydropyridines is 1. The Morgan fingerprint density at radius 2 is 1.82 bits per heavy atom. The van der Waals surface area contributed by atoms with Crippen LogP contribution in [0.2, 0.25) is 0 Å². The quantitative estimate of drug-likeness (QED) is 0.546. The molecule has 1 fully saturated rings. The molecule has 1 N–H and O–H groups in total. The molecule has 4 rings (SSSR count). The second-order valence-corrected chi connectivity index (χ2v) is 10.2. The van der Waals surface area contributed by atoms with E-state index in [1.165, 1.54) is 6.07 Å². The van der Waals surface area contributed by atoms with Gasteiger partial charge in [-0.3, -0.25) is 4.79 Å². The predicted octanol–water partition coefficient (Wildman–Crippen LogP) is 6.19. The van der Waals surface area contributed by atoms with Gasteiger partial charge in [0.1, 0.15) is 6.10 Å². The van der Waals surface area contributed by atoms with Crippen molar-refractivity contribution in [3.63, 3.8) is 0 Å². The molecule has 0 spiro atoms. The zero-order valence-electron chi connectivity index (χ0n) is 19.3. The first-order valence-electron chi connectivity index (χ1n) is 11.6. The highest BCUT2D eigenvalue weighted by Crippen LogP contribution is 2.47. The summed E-state index contributed by atoms with van der Waals surface area (Å²) in [6.45, 7) is 5.71. The van der Waals surface area contributed by atoms with Crippen molar-refractivity contribution in [2.75, 3.05) is 0 Å². The van der Waals surface area contributed by atoms with Crippen molar-refractivity contribution in [2.24, 2.45) is 5.41 Å². The SMILES string of the molecule is CC1=C(C(=O)OC2CCCCC2)C(c2cccc(C(F)(F)F)c2)C2=C(CC(C)(C)CC2=O)N1. The monoisotopic (exact) mass is 461 g/mol. The lowest BCUT2D eigenvalue weighted by Crippen LogP contribution is -2.39. The molecule has 0 aromatic heterocycles. The van der Waals surface area contributed by atoms with E-state index in [0.717, 1.165) is 44.2 Å². The number of ketones is 1. The van der Waals surface area contributed by atoms with Gasteiger partial charge in [-0.2, -0.15) is 13.2 Å². The number of ether oxygens (including phenoxy) is 1. The van der Waals surface area contributed by atoms with E-state index in [-0.39, 0.29) is 34.9 Å². The van der Waals surface area contributed by atoms with Crippen LogP contribution in [-0.2, 0) is 20.5 Å². The van der Waals surface area contributed by atoms with Crippen molar-refractivity contribution in [1.82, 2.24) is 5.32 Å². The molecular formula is C26H30F3NO3. The zero-order valence-corrected chi connectivity index (χ0v) is 19.3. The summed E-state index contributed by atoms with van der Waals surface area (Å²) in [5.41, 5.74) is 1.03. The number of alkyl halides is 3. The van der Waals surface area contributed by atoms with E-state index in [1.54, 1.807) is 13.0 Å². The molecule has 33 heavy (non-hydrogen) atoms. The maximum absolute atomic E-state index is 13.5. The van der Waals surface area contributed by atoms with Gasteiger partial charge in [0.25, 0.3) is 0 Å². The van der Waals surface area contributed by atoms with Gasteiger partial charge in [-0.15, -0.1) is 0 Å². The first-order chi connectivity index (χ1) is 15.5. The third-order valence-corrected chi connectivity index (χ3v) is 6.83. The highest BCUT2D eigenvalue weighted by atomic mass is 19.4. The molecule has 3 aliphatic rings. The van der Waals surface area contributed by atoms with Crippen LogP contribution in [0.5, 0.6) is 0 Å². The fraction of sp³-hybridized carbons (Fsp3) is 0.538. The van der Waals surface area contributed by atoms with Crippen LogP contribution < -0.4 is 5.32 Å². The molecule has 1 aromatic rings. The van der Waals surface area contributed by atoms with E-state index in [9.17, 15) is 22.8 Å². The summed E-state index contributed by atoms with van der Waals surface area (Å²) in [6.07, 6.45) is 0.735. The lowest BCUT2D eigenvalue weighted by atomic mass is 9.68. The number of carbonyl (C=O) groups excluding carboxylic acids is 2. The topological polar surface area (TPSA) is 55.4 Å². The number of nitrogens with one attached hydrogen (secondary N) is 1. The Morgan fingerprint density at radius 3 is 2.48 bits per heavy atom. The van der Waals surface area contributed by atoms with Crippen molar-refractivity contribution in [3.05, 3.63) is 57.9 Å². The van der Waals surface area contributed by atoms with Gasteiger partial charge in [0.2, 0.25) is 0 Å². The standard InChI is InChI=1S/C26H30F3NO3/c1-15-21(24(32)33-18-10-5-4-6-11-18)22(16-8-7-9-17(12-16)26(27,28)29)23-19(30-15)13-25(2,3)14-20(23)31/h7-9,12,18,22,30H,4-6,10-11,13-14H2,1-3H3. The van der Waals surface area contributed by atoms with Gasteiger partial charge in [0.15, 0.2) is 5.78 Å². The van der Waals surface area contributed by atoms with Crippen molar-refractivity contribution < 1.29 is 27.5 Å². The number of allylic oxidation sites excluding steroid dienone is 3. The Bertz CT molecular complexity index is 1030. The summed E-state index contributed by atoms with van der Waals surface area (Å²) < 4.78 is 46.3. The van der Waals surface area contributed by atoms with Crippen molar-refractivity contribution in [1.29, 1.82) is 0 Å². The normalized spacial score (nSPS) is 23.8. The fourth-order valence-electron chi connectivity index (χ4n) is 5.33. The summed E-state index contributed by atoms with van der Waals surface area (Å²) in [7, 11) is 0. The maximum atomic E-state index is 13.5. The molecule has 4 nitrogen and oxygen atoms in total. The van der Waals surface area contributed by atoms with Crippen LogP contribution >= 0.6 is 0 Å². The molecule has 0 saturated heterocycles. The van der Waals surface area contributed by atoms with Gasteiger partial charge in [0.05, 0.1) is 11.1 Å². The molecule has 1 aromatic carbocycles. The predicted molar refractivity (Wildman–Crippen MR) is 118 cm³/mol. The smallest absolute Gasteiger partial charge is 0.416 e. The molecule has 1 heterocycles. The van der Waals surface area contributed by atoms with Crippen LogP contribution in [0.15, 0.2) is 46.8 Å². The average Bonchev–Trinajstić information content (AvgIpc) is 2.72. The van der Waals surface area contributed by atoms with Crippen molar-refractivity contribution >= 4 is 11.8 Å². The number of benzene rings is 1. The number of hydrogen-bond acceptors (Lipinski definition) is 4. The molecule has 0 amide bonds. The van der Waals surface area contributed by atoms with Gasteiger partial charge >= 0.3 is 12.1 Å². The van der Waals surface area contributed by atoms with Crippen molar-refractivity contribution in [2.45, 2.75) is 83.9 Å². The summed E-state index contributed by atoms with van der Waals surface area (Å²) in [5.74, 6) is -1.59. The second-order valence-electron chi connectivity index (χ2n) is 10.2. The highest BCUT2D eigenvalue weighted by molar-refractivity contribution is 6.04. The third-order valence-electron chi connectivity index (χ3n) is 6.83. The maximum Gasteiger partial charge on any atom is 0.416 e. The molecule has 7 heteroatoms. The Kier molecular flexibility index (Phi) is 6.18. The highest BCUT2D eigenvalue weighted by Gasteiger charge is 2.44. The van der Waals surface area contributed by atoms with Crippen LogP contribution in [0.1, 0.15) is 82.8 Å². The van der Waals surface area contributed by atoms with Crippen LogP contribution in [0, 0.1) is 5.41 Å². The van der Waals surface area contributed by atoms with Gasteiger partial charge in [-0.25, -0.2) is 4.79 Å². The van der Waals surface area contributed by atoms with Crippen LogP contribution in [0.25, 0.3) is 0 Å². The van der Waals surface area contributed by atoms with E-state index in [4.69, 9.17) is 4.74 Å². The Hall–Kier alpha value is -2.57. The Balaban J connectivity index is 1.80. The summed E-state index contributed by atoms with van der Waals surface area (Å²) >= 11 is 0. The minimum absolute atomic E-state index is 0.147. The van der Waals surface area contributed by atoms with Crippen LogP contribution in [0.3, 0.4) is 0 Å². The van der Waals surface area contributed by atoms with Crippen LogP contribution in [-0.4, -0.2) is 17.9 Å². The van der Waals surface area contributed by atoms with E-state index in [0.29, 0.717) is 23.4 Å². The molecule has 1 aliphatic heterocycles. The molecule has 1 atom stereocenters. The van der Waals surface area contributed by atoms with E-state index in [2.05, 4.69) is 5.32 Å². The third kappa shape index (κ3) is 4.87. The molecule has 2 aliphatic carbocycles. The number of rotatable bonds is 3. The molecular weight excluding hydrogens is 431 g/mol. The van der Waals surface area contributed by atoms with Crippen molar-refractivity contribution in [3.8, 4) is 0 Å². The largest absolute Gasteiger partial charge is 0.459 e. The lowest BCUT2D eigenvalue weighted by Gasteiger charge is -2.39. The van der Waals surface area contributed by atoms with E-state index >= 15 is 0 Å². The fourth-order valence-corrected chi connectivity index (χ4v) is 5.33. The van der Waals surface area contributed by atoms with E-state index in [1.807, 2.05) is 13.8 Å². The van der Waals surface area contributed by atoms with Gasteiger partial charge in [-0.1, -0.05) is 38.5 Å². The lowest BCUT2D eigenvalue weighted by molar-refractivity contribution is -0.146. The summed E-state index contributed by atoms with van der Waals surface area (Å²) in [6, 6.07) is 4.94. The van der Waals surface area contributed by atoms with E-state index < -0.39 is 23.6 Å². The number of Topliss-reactive ketones (excluding diaryl/α,β-unsaturated/α-hetero) is 1. The Morgan fingerprint density at radius 1 is 1.12 bits per heavy atom. The minimum atomic E-state index is -4.53. The molecule has 1 saturated carbocycles. The second kappa shape index (κ2) is 8.65. The van der Waals surface area contributed by atoms with Gasteiger partial charge in [0, 0.05) is 29.3 Å². The Labute approximate surface area is 192 Å². The average molecular weight is 462 g/mol. The first kappa shape index (κ1) is 23.6. The number of halogens is 3. The van der Waals surface area contributed by atoms with Gasteiger partial charge < -0.3 is 10.1 Å². The zero-order chi connectivity index (χ0) is 24.0. The molecule has 0 radical (unpaired) electrons. The minimum Gasteiger partial charge on any atom is -0.459 e. The summed E-state index contributed by atoms with van der Waals surface area (Å²) in [4.78, 5) is 26.7. The number of esters is 1. The molecule has 178 valence electrons. The molecule has 0 bridgehead atoms. The number of hydrogen-bond donors (Lipinski definition) is 1. The van der Waals surface area contributed by atoms with Gasteiger partial charge in [-0.05, 0) is 56.1 Å². The number of carbonyl (C=O) groups is 2. The van der Waals surface area contributed by atoms with Crippen LogP contribution in [0.4, 0.5) is 13.2 Å². The first-order valence-corrected chi connectivity index (χ1v) is 11.6. The summed E-state index contributed by atoms with van der Waals surface area (Å²) in [5, 5.41) is 3.23.